The molecule has 0 aromatic heterocycles. The number of aryl methyl sites for hydroxylation is 1. The van der Waals surface area contributed by atoms with Crippen LogP contribution in [0.4, 0.5) is 0 Å². The monoisotopic (exact) mass is 426 g/mol. The lowest BCUT2D eigenvalue weighted by Crippen LogP contribution is -2.38. The lowest BCUT2D eigenvalue weighted by molar-refractivity contribution is -0.121. The maximum atomic E-state index is 12.1. The SMILES string of the molecule is Cc1cccc(OCCCCC(=O)NCc2cccc(OCCN3CCOCC3)c2)c1. The van der Waals surface area contributed by atoms with Gasteiger partial charge in [0, 0.05) is 32.6 Å². The van der Waals surface area contributed by atoms with Crippen molar-refractivity contribution in [2.75, 3.05) is 46.1 Å². The summed E-state index contributed by atoms with van der Waals surface area (Å²) in [7, 11) is 0. The van der Waals surface area contributed by atoms with Crippen LogP contribution < -0.4 is 14.8 Å². The first-order chi connectivity index (χ1) is 15.2. The zero-order chi connectivity index (χ0) is 21.7. The summed E-state index contributed by atoms with van der Waals surface area (Å²) in [6.45, 7) is 8.27. The minimum atomic E-state index is 0.0641. The molecule has 31 heavy (non-hydrogen) atoms. The fourth-order valence-corrected chi connectivity index (χ4v) is 3.43. The number of carbonyl (C=O) groups is 1. The van der Waals surface area contributed by atoms with Crippen LogP contribution in [0.5, 0.6) is 11.5 Å². The molecule has 3 rings (SSSR count). The van der Waals surface area contributed by atoms with E-state index >= 15 is 0 Å². The Morgan fingerprint density at radius 3 is 2.55 bits per heavy atom. The van der Waals surface area contributed by atoms with Crippen molar-refractivity contribution in [3.8, 4) is 11.5 Å². The summed E-state index contributed by atoms with van der Waals surface area (Å²) >= 11 is 0. The molecule has 0 saturated carbocycles. The molecule has 6 heteroatoms. The van der Waals surface area contributed by atoms with Crippen LogP contribution >= 0.6 is 0 Å². The molecule has 2 aromatic carbocycles. The molecule has 1 saturated heterocycles. The molecule has 0 spiro atoms. The quantitative estimate of drug-likeness (QED) is 0.526. The van der Waals surface area contributed by atoms with E-state index in [0.29, 0.717) is 26.2 Å². The van der Waals surface area contributed by atoms with Crippen LogP contribution in [-0.4, -0.2) is 56.9 Å². The fraction of sp³-hybridized carbons (Fsp3) is 0.480. The first-order valence-corrected chi connectivity index (χ1v) is 11.2. The summed E-state index contributed by atoms with van der Waals surface area (Å²) in [6.07, 6.45) is 2.17. The normalized spacial score (nSPS) is 14.2. The molecular formula is C25H34N2O4. The van der Waals surface area contributed by atoms with Gasteiger partial charge >= 0.3 is 0 Å². The Hall–Kier alpha value is -2.57. The van der Waals surface area contributed by atoms with Gasteiger partial charge in [0.25, 0.3) is 0 Å². The second-order valence-corrected chi connectivity index (χ2v) is 7.85. The molecule has 0 aliphatic carbocycles. The molecule has 0 radical (unpaired) electrons. The Labute approximate surface area is 185 Å². The molecule has 0 unspecified atom stereocenters. The number of unbranched alkanes of at least 4 members (excludes halogenated alkanes) is 1. The highest BCUT2D eigenvalue weighted by Crippen LogP contribution is 2.14. The molecule has 1 heterocycles. The number of ether oxygens (including phenoxy) is 3. The molecule has 1 N–H and O–H groups in total. The van der Waals surface area contributed by atoms with Gasteiger partial charge in [0.05, 0.1) is 19.8 Å². The summed E-state index contributed by atoms with van der Waals surface area (Å²) in [5.41, 5.74) is 2.23. The van der Waals surface area contributed by atoms with E-state index in [1.807, 2.05) is 55.5 Å². The molecule has 6 nitrogen and oxygen atoms in total. The van der Waals surface area contributed by atoms with Gasteiger partial charge in [-0.3, -0.25) is 9.69 Å². The first kappa shape index (κ1) is 23.1. The predicted molar refractivity (Wildman–Crippen MR) is 122 cm³/mol. The molecule has 1 aliphatic heterocycles. The molecule has 1 aliphatic rings. The van der Waals surface area contributed by atoms with Crippen molar-refractivity contribution in [2.45, 2.75) is 32.7 Å². The van der Waals surface area contributed by atoms with E-state index in [1.54, 1.807) is 0 Å². The Morgan fingerprint density at radius 2 is 1.74 bits per heavy atom. The highest BCUT2D eigenvalue weighted by molar-refractivity contribution is 5.75. The van der Waals surface area contributed by atoms with Gasteiger partial charge in [-0.25, -0.2) is 0 Å². The van der Waals surface area contributed by atoms with Crippen LogP contribution in [0.25, 0.3) is 0 Å². The van der Waals surface area contributed by atoms with E-state index < -0.39 is 0 Å². The number of hydrogen-bond acceptors (Lipinski definition) is 5. The van der Waals surface area contributed by atoms with Crippen molar-refractivity contribution in [3.63, 3.8) is 0 Å². The lowest BCUT2D eigenvalue weighted by atomic mass is 10.2. The minimum absolute atomic E-state index is 0.0641. The fourth-order valence-electron chi connectivity index (χ4n) is 3.43. The van der Waals surface area contributed by atoms with Crippen molar-refractivity contribution in [1.29, 1.82) is 0 Å². The lowest BCUT2D eigenvalue weighted by Gasteiger charge is -2.26. The van der Waals surface area contributed by atoms with Crippen LogP contribution in [0.15, 0.2) is 48.5 Å². The summed E-state index contributed by atoms with van der Waals surface area (Å²) in [5.74, 6) is 1.79. The number of nitrogens with zero attached hydrogens (tertiary/aromatic N) is 1. The van der Waals surface area contributed by atoms with Gasteiger partial charge in [0.2, 0.25) is 5.91 Å². The van der Waals surface area contributed by atoms with E-state index in [2.05, 4.69) is 10.2 Å². The Bertz CT molecular complexity index is 806. The zero-order valence-corrected chi connectivity index (χ0v) is 18.5. The third-order valence-electron chi connectivity index (χ3n) is 5.22. The Morgan fingerprint density at radius 1 is 1.00 bits per heavy atom. The average Bonchev–Trinajstić information content (AvgIpc) is 2.79. The van der Waals surface area contributed by atoms with Gasteiger partial charge in [-0.1, -0.05) is 24.3 Å². The van der Waals surface area contributed by atoms with Crippen molar-refractivity contribution < 1.29 is 19.0 Å². The van der Waals surface area contributed by atoms with E-state index in [1.165, 1.54) is 5.56 Å². The second kappa shape index (κ2) is 13.0. The van der Waals surface area contributed by atoms with Crippen molar-refractivity contribution in [3.05, 3.63) is 59.7 Å². The molecule has 1 fully saturated rings. The number of nitrogens with one attached hydrogen (secondary N) is 1. The maximum Gasteiger partial charge on any atom is 0.220 e. The third kappa shape index (κ3) is 8.99. The number of benzene rings is 2. The highest BCUT2D eigenvalue weighted by atomic mass is 16.5. The Kier molecular flexibility index (Phi) is 9.67. The van der Waals surface area contributed by atoms with Crippen molar-refractivity contribution in [1.82, 2.24) is 10.2 Å². The average molecular weight is 427 g/mol. The van der Waals surface area contributed by atoms with E-state index in [9.17, 15) is 4.79 Å². The number of carbonyl (C=O) groups excluding carboxylic acids is 1. The van der Waals surface area contributed by atoms with E-state index in [0.717, 1.165) is 62.8 Å². The molecule has 0 bridgehead atoms. The summed E-state index contributed by atoms with van der Waals surface area (Å²) in [4.78, 5) is 14.5. The van der Waals surface area contributed by atoms with Gasteiger partial charge in [0.1, 0.15) is 18.1 Å². The number of hydrogen-bond donors (Lipinski definition) is 1. The minimum Gasteiger partial charge on any atom is -0.494 e. The van der Waals surface area contributed by atoms with Gasteiger partial charge in [-0.15, -0.1) is 0 Å². The zero-order valence-electron chi connectivity index (χ0n) is 18.5. The largest absolute Gasteiger partial charge is 0.494 e. The highest BCUT2D eigenvalue weighted by Gasteiger charge is 2.10. The molecular weight excluding hydrogens is 392 g/mol. The molecule has 2 aromatic rings. The molecule has 1 amide bonds. The number of rotatable bonds is 12. The van der Waals surface area contributed by atoms with E-state index in [4.69, 9.17) is 14.2 Å². The third-order valence-corrected chi connectivity index (χ3v) is 5.22. The van der Waals surface area contributed by atoms with Crippen molar-refractivity contribution in [2.24, 2.45) is 0 Å². The number of amides is 1. The van der Waals surface area contributed by atoms with Crippen molar-refractivity contribution >= 4 is 5.91 Å². The van der Waals surface area contributed by atoms with Crippen LogP contribution in [-0.2, 0) is 16.1 Å². The second-order valence-electron chi connectivity index (χ2n) is 7.85. The van der Waals surface area contributed by atoms with Crippen LogP contribution in [0.2, 0.25) is 0 Å². The predicted octanol–water partition coefficient (Wildman–Crippen LogP) is 3.57. The maximum absolute atomic E-state index is 12.1. The first-order valence-electron chi connectivity index (χ1n) is 11.2. The van der Waals surface area contributed by atoms with Gasteiger partial charge in [-0.2, -0.15) is 0 Å². The van der Waals surface area contributed by atoms with Crippen LogP contribution in [0.3, 0.4) is 0 Å². The topological polar surface area (TPSA) is 60.0 Å². The van der Waals surface area contributed by atoms with Gasteiger partial charge in [-0.05, 0) is 55.2 Å². The van der Waals surface area contributed by atoms with E-state index in [-0.39, 0.29) is 5.91 Å². The summed E-state index contributed by atoms with van der Waals surface area (Å²) in [5, 5.41) is 2.99. The number of morpholine rings is 1. The standard InChI is InChI=1S/C25H34N2O4/c1-21-6-4-8-23(18-21)30-14-3-2-10-25(28)26-20-22-7-5-9-24(19-22)31-17-13-27-11-15-29-16-12-27/h4-9,18-19H,2-3,10-17,20H2,1H3,(H,26,28). The Balaban J connectivity index is 1.27. The smallest absolute Gasteiger partial charge is 0.220 e. The summed E-state index contributed by atoms with van der Waals surface area (Å²) in [6, 6.07) is 15.9. The van der Waals surface area contributed by atoms with Crippen LogP contribution in [0.1, 0.15) is 30.4 Å². The van der Waals surface area contributed by atoms with Gasteiger partial charge in [0.15, 0.2) is 0 Å². The van der Waals surface area contributed by atoms with Gasteiger partial charge < -0.3 is 19.5 Å². The molecule has 0 atom stereocenters. The summed E-state index contributed by atoms with van der Waals surface area (Å²) < 4.78 is 17.0. The molecule has 168 valence electrons. The van der Waals surface area contributed by atoms with Crippen LogP contribution in [0, 0.1) is 6.92 Å².